The van der Waals surface area contributed by atoms with Crippen LogP contribution in [0.5, 0.6) is 0 Å². The minimum Gasteiger partial charge on any atom is -0.478 e. The number of hydrogen-bond acceptors (Lipinski definition) is 2. The van der Waals surface area contributed by atoms with Gasteiger partial charge < -0.3 is 5.11 Å². The van der Waals surface area contributed by atoms with E-state index in [9.17, 15) is 4.79 Å². The summed E-state index contributed by atoms with van der Waals surface area (Å²) in [4.78, 5) is 11.8. The van der Waals surface area contributed by atoms with Crippen molar-refractivity contribution in [3.05, 3.63) is 26.9 Å². The van der Waals surface area contributed by atoms with E-state index in [0.717, 1.165) is 10.5 Å². The van der Waals surface area contributed by atoms with E-state index >= 15 is 0 Å². The second-order valence-corrected chi connectivity index (χ2v) is 4.58. The number of thiophene rings is 1. The largest absolute Gasteiger partial charge is 0.478 e. The zero-order valence-electron chi connectivity index (χ0n) is 8.00. The van der Waals surface area contributed by atoms with Crippen LogP contribution in [0, 0.1) is 0 Å². The first-order valence-corrected chi connectivity index (χ1v) is 5.44. The molecule has 14 heavy (non-hydrogen) atoms. The third-order valence-electron chi connectivity index (χ3n) is 2.01. The van der Waals surface area contributed by atoms with E-state index in [1.807, 2.05) is 19.9 Å². The molecule has 0 aliphatic heterocycles. The predicted octanol–water partition coefficient (Wildman–Crippen LogP) is 3.67. The third kappa shape index (κ3) is 2.36. The second-order valence-electron chi connectivity index (χ2n) is 2.87. The molecule has 1 aromatic rings. The molecule has 4 heteroatoms. The van der Waals surface area contributed by atoms with Gasteiger partial charge in [0.25, 0.3) is 0 Å². The van der Waals surface area contributed by atoms with Crippen LogP contribution >= 0.6 is 22.9 Å². The molecule has 0 bridgehead atoms. The number of carbonyl (C=O) groups is 1. The molecule has 0 saturated heterocycles. The van der Waals surface area contributed by atoms with Gasteiger partial charge in [-0.2, -0.15) is 0 Å². The zero-order valence-corrected chi connectivity index (χ0v) is 9.58. The molecule has 0 unspecified atom stereocenters. The van der Waals surface area contributed by atoms with Crippen molar-refractivity contribution in [3.63, 3.8) is 0 Å². The molecule has 2 nitrogen and oxygen atoms in total. The van der Waals surface area contributed by atoms with Crippen molar-refractivity contribution in [2.24, 2.45) is 0 Å². The predicted molar refractivity (Wildman–Crippen MR) is 59.8 cm³/mol. The van der Waals surface area contributed by atoms with Crippen molar-refractivity contribution >= 4 is 34.5 Å². The average Bonchev–Trinajstić information content (AvgIpc) is 2.52. The molecule has 0 aromatic carbocycles. The Balaban J connectivity index is 3.13. The minimum absolute atomic E-state index is 0.448. The minimum atomic E-state index is -0.852. The average molecular weight is 231 g/mol. The highest BCUT2D eigenvalue weighted by molar-refractivity contribution is 7.17. The molecule has 0 amide bonds. The number of rotatable bonds is 3. The second kappa shape index (κ2) is 4.62. The van der Waals surface area contributed by atoms with Crippen molar-refractivity contribution in [2.45, 2.75) is 20.3 Å². The summed E-state index contributed by atoms with van der Waals surface area (Å²) in [5.41, 5.74) is 1.25. The lowest BCUT2D eigenvalue weighted by atomic mass is 10.1. The molecule has 0 aliphatic rings. The van der Waals surface area contributed by atoms with Crippen molar-refractivity contribution in [1.29, 1.82) is 0 Å². The maximum atomic E-state index is 10.9. The highest BCUT2D eigenvalue weighted by Crippen LogP contribution is 2.30. The lowest BCUT2D eigenvalue weighted by Crippen LogP contribution is -2.01. The highest BCUT2D eigenvalue weighted by atomic mass is 35.5. The molecule has 0 radical (unpaired) electrons. The normalized spacial score (nSPS) is 12.5. The fraction of sp³-hybridized carbons (Fsp3) is 0.300. The number of hydrogen-bond donors (Lipinski definition) is 1. The number of carboxylic acid groups (broad SMARTS) is 1. The Labute approximate surface area is 91.8 Å². The fourth-order valence-corrected chi connectivity index (χ4v) is 2.31. The Kier molecular flexibility index (Phi) is 3.72. The van der Waals surface area contributed by atoms with E-state index < -0.39 is 5.97 Å². The van der Waals surface area contributed by atoms with Gasteiger partial charge in [-0.05, 0) is 31.1 Å². The number of halogens is 1. The van der Waals surface area contributed by atoms with E-state index in [0.29, 0.717) is 16.3 Å². The molecule has 76 valence electrons. The Morgan fingerprint density at radius 3 is 2.57 bits per heavy atom. The molecule has 0 atom stereocenters. The van der Waals surface area contributed by atoms with Gasteiger partial charge >= 0.3 is 5.97 Å². The molecule has 0 spiro atoms. The smallest absolute Gasteiger partial charge is 0.331 e. The maximum absolute atomic E-state index is 10.9. The molecule has 0 saturated carbocycles. The van der Waals surface area contributed by atoms with Crippen LogP contribution < -0.4 is 0 Å². The highest BCUT2D eigenvalue weighted by Gasteiger charge is 2.11. The summed E-state index contributed by atoms with van der Waals surface area (Å²) >= 11 is 7.18. The summed E-state index contributed by atoms with van der Waals surface area (Å²) in [6, 6.07) is 3.63. The zero-order chi connectivity index (χ0) is 10.7. The van der Waals surface area contributed by atoms with Gasteiger partial charge in [-0.3, -0.25) is 0 Å². The molecule has 1 rings (SSSR count). The maximum Gasteiger partial charge on any atom is 0.331 e. The van der Waals surface area contributed by atoms with Gasteiger partial charge in [-0.15, -0.1) is 11.3 Å². The summed E-state index contributed by atoms with van der Waals surface area (Å²) in [5, 5.41) is 8.93. The molecule has 0 aliphatic carbocycles. The van der Waals surface area contributed by atoms with E-state index in [1.54, 1.807) is 6.07 Å². The van der Waals surface area contributed by atoms with Crippen LogP contribution in [-0.2, 0) is 4.79 Å². The van der Waals surface area contributed by atoms with Crippen LogP contribution in [0.4, 0.5) is 0 Å². The van der Waals surface area contributed by atoms with Gasteiger partial charge in [0, 0.05) is 10.5 Å². The van der Waals surface area contributed by atoms with Crippen molar-refractivity contribution < 1.29 is 9.90 Å². The van der Waals surface area contributed by atoms with Gasteiger partial charge in [0.1, 0.15) is 0 Å². The molecule has 1 heterocycles. The fourth-order valence-electron chi connectivity index (χ4n) is 1.24. The van der Waals surface area contributed by atoms with Crippen LogP contribution in [0.1, 0.15) is 25.1 Å². The standard InChI is InChI=1S/C10H11ClO2S/c1-3-7(10(12)13)6(2)8-4-5-9(11)14-8/h4-5H,3H2,1-2H3,(H,12,13)/b7-6-. The van der Waals surface area contributed by atoms with Crippen LogP contribution in [0.15, 0.2) is 17.7 Å². The first-order valence-electron chi connectivity index (χ1n) is 4.25. The topological polar surface area (TPSA) is 37.3 Å². The van der Waals surface area contributed by atoms with Gasteiger partial charge in [-0.25, -0.2) is 4.79 Å². The van der Waals surface area contributed by atoms with Crippen molar-refractivity contribution in [3.8, 4) is 0 Å². The van der Waals surface area contributed by atoms with Gasteiger partial charge in [0.05, 0.1) is 4.34 Å². The summed E-state index contributed by atoms with van der Waals surface area (Å²) in [6.45, 7) is 3.65. The summed E-state index contributed by atoms with van der Waals surface area (Å²) in [7, 11) is 0. The first-order chi connectivity index (χ1) is 6.56. The Hall–Kier alpha value is -0.800. The Morgan fingerprint density at radius 2 is 2.21 bits per heavy atom. The van der Waals surface area contributed by atoms with E-state index in [4.69, 9.17) is 16.7 Å². The molecule has 1 aromatic heterocycles. The lowest BCUT2D eigenvalue weighted by Gasteiger charge is -2.03. The van der Waals surface area contributed by atoms with E-state index in [-0.39, 0.29) is 0 Å². The SMILES string of the molecule is CC/C(C(=O)O)=C(\C)c1ccc(Cl)s1. The Morgan fingerprint density at radius 1 is 1.57 bits per heavy atom. The van der Waals surface area contributed by atoms with Crippen LogP contribution in [0.25, 0.3) is 5.57 Å². The molecular formula is C10H11ClO2S. The monoisotopic (exact) mass is 230 g/mol. The van der Waals surface area contributed by atoms with Crippen LogP contribution in [0.3, 0.4) is 0 Å². The first kappa shape index (κ1) is 11.3. The third-order valence-corrected chi connectivity index (χ3v) is 3.36. The summed E-state index contributed by atoms with van der Waals surface area (Å²) < 4.78 is 0.681. The summed E-state index contributed by atoms with van der Waals surface area (Å²) in [5.74, 6) is -0.852. The number of allylic oxidation sites excluding steroid dienone is 1. The quantitative estimate of drug-likeness (QED) is 0.805. The number of carboxylic acids is 1. The van der Waals surface area contributed by atoms with Gasteiger partial charge in [-0.1, -0.05) is 18.5 Å². The van der Waals surface area contributed by atoms with Crippen LogP contribution in [-0.4, -0.2) is 11.1 Å². The molecule has 0 fully saturated rings. The van der Waals surface area contributed by atoms with Crippen LogP contribution in [0.2, 0.25) is 4.34 Å². The number of aliphatic carboxylic acids is 1. The lowest BCUT2D eigenvalue weighted by molar-refractivity contribution is -0.132. The molecule has 1 N–H and O–H groups in total. The van der Waals surface area contributed by atoms with Crippen molar-refractivity contribution in [1.82, 2.24) is 0 Å². The van der Waals surface area contributed by atoms with Gasteiger partial charge in [0.2, 0.25) is 0 Å². The van der Waals surface area contributed by atoms with E-state index in [1.165, 1.54) is 11.3 Å². The molecular weight excluding hydrogens is 220 g/mol. The van der Waals surface area contributed by atoms with Crippen molar-refractivity contribution in [2.75, 3.05) is 0 Å². The van der Waals surface area contributed by atoms with Gasteiger partial charge in [0.15, 0.2) is 0 Å². The Bertz CT molecular complexity index is 379. The van der Waals surface area contributed by atoms with E-state index in [2.05, 4.69) is 0 Å². The summed E-state index contributed by atoms with van der Waals surface area (Å²) in [6.07, 6.45) is 0.524.